The Balaban J connectivity index is 2.94. The zero-order valence-electron chi connectivity index (χ0n) is 6.30. The summed E-state index contributed by atoms with van der Waals surface area (Å²) in [5.41, 5.74) is 1.90. The highest BCUT2D eigenvalue weighted by atomic mass is 35.5. The third-order valence-electron chi connectivity index (χ3n) is 1.71. The van der Waals surface area contributed by atoms with Crippen LogP contribution in [0.3, 0.4) is 0 Å². The van der Waals surface area contributed by atoms with E-state index in [0.717, 1.165) is 5.56 Å². The van der Waals surface area contributed by atoms with Crippen molar-refractivity contribution in [2.24, 2.45) is 0 Å². The molecule has 5 heteroatoms. The smallest absolute Gasteiger partial charge is 0.164 e. The number of aromatic nitrogens is 3. The number of nitrogens with zero attached hydrogens (tertiary/aromatic N) is 2. The molecule has 2 rings (SSSR count). The van der Waals surface area contributed by atoms with Crippen molar-refractivity contribution in [2.45, 2.75) is 6.92 Å². The van der Waals surface area contributed by atoms with Crippen LogP contribution in [0.25, 0.3) is 11.0 Å². The second kappa shape index (κ2) is 2.35. The Labute approximate surface area is 73.2 Å². The van der Waals surface area contributed by atoms with E-state index in [1.54, 1.807) is 6.07 Å². The number of hydrogen-bond donors (Lipinski definition) is 2. The summed E-state index contributed by atoms with van der Waals surface area (Å²) >= 11 is 5.78. The van der Waals surface area contributed by atoms with E-state index in [4.69, 9.17) is 11.6 Å². The molecule has 0 bridgehead atoms. The van der Waals surface area contributed by atoms with Crippen molar-refractivity contribution < 1.29 is 5.11 Å². The number of fused-ring (bicyclic) bond motifs is 1. The van der Waals surface area contributed by atoms with E-state index in [1.807, 2.05) is 6.92 Å². The minimum absolute atomic E-state index is 0.0135. The van der Waals surface area contributed by atoms with E-state index in [2.05, 4.69) is 15.4 Å². The van der Waals surface area contributed by atoms with Crippen LogP contribution in [0.5, 0.6) is 5.75 Å². The molecule has 0 aliphatic heterocycles. The Morgan fingerprint density at radius 3 is 3.08 bits per heavy atom. The Morgan fingerprint density at radius 1 is 1.58 bits per heavy atom. The van der Waals surface area contributed by atoms with Crippen LogP contribution in [0.15, 0.2) is 6.07 Å². The maximum atomic E-state index is 9.47. The van der Waals surface area contributed by atoms with E-state index in [1.165, 1.54) is 0 Å². The first-order chi connectivity index (χ1) is 5.70. The van der Waals surface area contributed by atoms with Crippen LogP contribution >= 0.6 is 11.6 Å². The number of hydrogen-bond acceptors (Lipinski definition) is 3. The van der Waals surface area contributed by atoms with Gasteiger partial charge in [0.25, 0.3) is 0 Å². The number of aryl methyl sites for hydroxylation is 1. The van der Waals surface area contributed by atoms with Crippen LogP contribution in [-0.4, -0.2) is 20.5 Å². The van der Waals surface area contributed by atoms with E-state index in [-0.39, 0.29) is 5.75 Å². The third kappa shape index (κ3) is 0.848. The van der Waals surface area contributed by atoms with Crippen LogP contribution < -0.4 is 0 Å². The predicted molar refractivity (Wildman–Crippen MR) is 45.3 cm³/mol. The average Bonchev–Trinajstić information content (AvgIpc) is 2.48. The van der Waals surface area contributed by atoms with Crippen LogP contribution in [0, 0.1) is 6.92 Å². The van der Waals surface area contributed by atoms with Gasteiger partial charge in [0.2, 0.25) is 0 Å². The van der Waals surface area contributed by atoms with E-state index < -0.39 is 0 Å². The molecule has 0 unspecified atom stereocenters. The van der Waals surface area contributed by atoms with Gasteiger partial charge in [-0.3, -0.25) is 5.10 Å². The van der Waals surface area contributed by atoms with Crippen molar-refractivity contribution in [3.05, 3.63) is 16.7 Å². The van der Waals surface area contributed by atoms with Crippen LogP contribution in [0.4, 0.5) is 0 Å². The maximum Gasteiger partial charge on any atom is 0.164 e. The van der Waals surface area contributed by atoms with Gasteiger partial charge in [0.05, 0.1) is 10.5 Å². The summed E-state index contributed by atoms with van der Waals surface area (Å²) in [6, 6.07) is 1.79. The summed E-state index contributed by atoms with van der Waals surface area (Å²) < 4.78 is 0. The molecule has 0 aliphatic rings. The fraction of sp³-hybridized carbons (Fsp3) is 0.143. The summed E-state index contributed by atoms with van der Waals surface area (Å²) in [5.74, 6) is -0.0135. The number of aromatic amines is 1. The summed E-state index contributed by atoms with van der Waals surface area (Å²) in [4.78, 5) is 0. The minimum Gasteiger partial charge on any atom is -0.504 e. The number of nitrogens with one attached hydrogen (secondary N) is 1. The molecule has 2 N–H and O–H groups in total. The van der Waals surface area contributed by atoms with Gasteiger partial charge in [-0.15, -0.1) is 5.10 Å². The number of phenolic OH excluding ortho intramolecular Hbond substituents is 1. The largest absolute Gasteiger partial charge is 0.504 e. The topological polar surface area (TPSA) is 61.8 Å². The normalized spacial score (nSPS) is 10.8. The van der Waals surface area contributed by atoms with Crippen LogP contribution in [-0.2, 0) is 0 Å². The quantitative estimate of drug-likeness (QED) is 0.653. The first-order valence-corrected chi connectivity index (χ1v) is 3.77. The fourth-order valence-electron chi connectivity index (χ4n) is 1.08. The highest BCUT2D eigenvalue weighted by Crippen LogP contribution is 2.32. The van der Waals surface area contributed by atoms with E-state index >= 15 is 0 Å². The van der Waals surface area contributed by atoms with Crippen molar-refractivity contribution in [1.82, 2.24) is 15.4 Å². The molecule has 0 atom stereocenters. The molecular formula is C7H6ClN3O. The molecule has 2 aromatic rings. The molecule has 1 aromatic carbocycles. The second-order valence-corrected chi connectivity index (χ2v) is 2.94. The van der Waals surface area contributed by atoms with Gasteiger partial charge in [-0.05, 0) is 18.6 Å². The van der Waals surface area contributed by atoms with Gasteiger partial charge in [0.15, 0.2) is 11.3 Å². The molecule has 12 heavy (non-hydrogen) atoms. The molecule has 0 radical (unpaired) electrons. The average molecular weight is 184 g/mol. The minimum atomic E-state index is -0.0135. The van der Waals surface area contributed by atoms with Gasteiger partial charge in [-0.25, -0.2) is 0 Å². The van der Waals surface area contributed by atoms with Crippen molar-refractivity contribution in [1.29, 1.82) is 0 Å². The number of phenols is 1. The number of benzene rings is 1. The number of H-pyrrole nitrogens is 1. The summed E-state index contributed by atoms with van der Waals surface area (Å²) in [5, 5.41) is 19.7. The SMILES string of the molecule is Cc1cc2[nH]nnc2c(O)c1Cl. The molecule has 62 valence electrons. The fourth-order valence-corrected chi connectivity index (χ4v) is 1.23. The zero-order valence-corrected chi connectivity index (χ0v) is 7.05. The Bertz CT molecular complexity index is 437. The van der Waals surface area contributed by atoms with Crippen molar-refractivity contribution in [3.8, 4) is 5.75 Å². The van der Waals surface area contributed by atoms with Crippen LogP contribution in [0.1, 0.15) is 5.56 Å². The van der Waals surface area contributed by atoms with Crippen LogP contribution in [0.2, 0.25) is 5.02 Å². The van der Waals surface area contributed by atoms with Gasteiger partial charge in [-0.1, -0.05) is 16.8 Å². The highest BCUT2D eigenvalue weighted by Gasteiger charge is 2.10. The summed E-state index contributed by atoms with van der Waals surface area (Å²) in [6.45, 7) is 1.81. The molecular weight excluding hydrogens is 178 g/mol. The van der Waals surface area contributed by atoms with Gasteiger partial charge < -0.3 is 5.11 Å². The first kappa shape index (κ1) is 7.36. The van der Waals surface area contributed by atoms with Gasteiger partial charge in [0, 0.05) is 0 Å². The molecule has 0 aliphatic carbocycles. The lowest BCUT2D eigenvalue weighted by molar-refractivity contribution is 0.480. The molecule has 0 saturated carbocycles. The zero-order chi connectivity index (χ0) is 8.72. The standard InChI is InChI=1S/C7H6ClN3O/c1-3-2-4-6(10-11-9-4)7(12)5(3)8/h2,12H,1H3,(H,9,10,11). The van der Waals surface area contributed by atoms with E-state index in [9.17, 15) is 5.11 Å². The second-order valence-electron chi connectivity index (χ2n) is 2.56. The molecule has 0 fully saturated rings. The number of halogens is 1. The molecule has 1 heterocycles. The lowest BCUT2D eigenvalue weighted by Crippen LogP contribution is -1.79. The predicted octanol–water partition coefficient (Wildman–Crippen LogP) is 1.63. The van der Waals surface area contributed by atoms with Gasteiger partial charge in [0.1, 0.15) is 0 Å². The molecule has 1 aromatic heterocycles. The number of rotatable bonds is 0. The first-order valence-electron chi connectivity index (χ1n) is 3.39. The molecule has 0 spiro atoms. The molecule has 0 amide bonds. The van der Waals surface area contributed by atoms with Crippen molar-refractivity contribution >= 4 is 22.6 Å². The Kier molecular flexibility index (Phi) is 1.44. The molecule has 4 nitrogen and oxygen atoms in total. The lowest BCUT2D eigenvalue weighted by atomic mass is 10.2. The van der Waals surface area contributed by atoms with E-state index in [0.29, 0.717) is 16.1 Å². The van der Waals surface area contributed by atoms with Gasteiger partial charge >= 0.3 is 0 Å². The highest BCUT2D eigenvalue weighted by molar-refractivity contribution is 6.33. The summed E-state index contributed by atoms with van der Waals surface area (Å²) in [6.07, 6.45) is 0. The monoisotopic (exact) mass is 183 g/mol. The van der Waals surface area contributed by atoms with Gasteiger partial charge in [-0.2, -0.15) is 0 Å². The lowest BCUT2D eigenvalue weighted by Gasteiger charge is -1.99. The summed E-state index contributed by atoms with van der Waals surface area (Å²) in [7, 11) is 0. The Hall–Kier alpha value is -1.29. The number of aromatic hydroxyl groups is 1. The molecule has 0 saturated heterocycles. The van der Waals surface area contributed by atoms with Crippen molar-refractivity contribution in [2.75, 3.05) is 0 Å². The maximum absolute atomic E-state index is 9.47. The van der Waals surface area contributed by atoms with Crippen molar-refractivity contribution in [3.63, 3.8) is 0 Å². The third-order valence-corrected chi connectivity index (χ3v) is 2.19. The Morgan fingerprint density at radius 2 is 2.33 bits per heavy atom.